The van der Waals surface area contributed by atoms with Crippen molar-refractivity contribution >= 4 is 0 Å². The van der Waals surface area contributed by atoms with Gasteiger partial charge in [-0.1, -0.05) is 6.07 Å². The van der Waals surface area contributed by atoms with E-state index in [0.717, 1.165) is 22.3 Å². The fourth-order valence-electron chi connectivity index (χ4n) is 3.27. The number of methoxy groups -OCH3 is 4. The van der Waals surface area contributed by atoms with E-state index >= 15 is 0 Å². The first-order chi connectivity index (χ1) is 12.5. The van der Waals surface area contributed by atoms with Crippen molar-refractivity contribution in [1.82, 2.24) is 0 Å². The first-order valence-corrected chi connectivity index (χ1v) is 8.21. The van der Waals surface area contributed by atoms with Gasteiger partial charge in [-0.05, 0) is 41.8 Å². The lowest BCUT2D eigenvalue weighted by molar-refractivity contribution is 0.0548. The van der Waals surface area contributed by atoms with Gasteiger partial charge in [-0.25, -0.2) is 0 Å². The van der Waals surface area contributed by atoms with Gasteiger partial charge in [-0.15, -0.1) is 0 Å². The third-order valence-corrected chi connectivity index (χ3v) is 4.57. The number of benzene rings is 1. The molecule has 2 aromatic rings. The van der Waals surface area contributed by atoms with Crippen molar-refractivity contribution in [2.45, 2.75) is 19.6 Å². The van der Waals surface area contributed by atoms with Crippen LogP contribution in [0.5, 0.6) is 23.0 Å². The minimum atomic E-state index is -0.214. The largest absolute Gasteiger partial charge is 0.493 e. The Kier molecular flexibility index (Phi) is 5.04. The smallest absolute Gasteiger partial charge is 0.220 e. The SMILES string of the molecule is COc1cc2c(c(OC)c1OC)-c1ccc(OC)c(=O)cc1CO[C@@H]2C. The maximum atomic E-state index is 12.3. The molecule has 3 rings (SSSR count). The fraction of sp³-hybridized carbons (Fsp3) is 0.350. The van der Waals surface area contributed by atoms with Crippen LogP contribution in [0.15, 0.2) is 29.1 Å². The second-order valence-electron chi connectivity index (χ2n) is 5.91. The van der Waals surface area contributed by atoms with Gasteiger partial charge < -0.3 is 23.7 Å². The lowest BCUT2D eigenvalue weighted by Crippen LogP contribution is -2.03. The predicted molar refractivity (Wildman–Crippen MR) is 97.6 cm³/mol. The Morgan fingerprint density at radius 2 is 1.62 bits per heavy atom. The third kappa shape index (κ3) is 2.86. The van der Waals surface area contributed by atoms with E-state index in [1.807, 2.05) is 19.1 Å². The quantitative estimate of drug-likeness (QED) is 0.835. The molecule has 0 aliphatic carbocycles. The molecule has 0 fully saturated rings. The minimum Gasteiger partial charge on any atom is -0.493 e. The maximum absolute atomic E-state index is 12.3. The number of hydrogen-bond acceptors (Lipinski definition) is 6. The molecule has 2 aromatic carbocycles. The molecule has 0 spiro atoms. The molecule has 1 heterocycles. The zero-order valence-corrected chi connectivity index (χ0v) is 15.5. The summed E-state index contributed by atoms with van der Waals surface area (Å²) in [5, 5.41) is 0. The Morgan fingerprint density at radius 3 is 2.23 bits per heavy atom. The molecule has 0 radical (unpaired) electrons. The number of rotatable bonds is 4. The van der Waals surface area contributed by atoms with Gasteiger partial charge >= 0.3 is 0 Å². The predicted octanol–water partition coefficient (Wildman–Crippen LogP) is 3.34. The van der Waals surface area contributed by atoms with Crippen molar-refractivity contribution in [3.63, 3.8) is 0 Å². The van der Waals surface area contributed by atoms with Gasteiger partial charge in [0.15, 0.2) is 17.2 Å². The zero-order valence-electron chi connectivity index (χ0n) is 15.5. The molecule has 138 valence electrons. The number of fused-ring (bicyclic) bond motifs is 3. The Morgan fingerprint density at radius 1 is 0.923 bits per heavy atom. The van der Waals surface area contributed by atoms with Crippen LogP contribution in [0.3, 0.4) is 0 Å². The minimum absolute atomic E-state index is 0.201. The van der Waals surface area contributed by atoms with Gasteiger partial charge in [0.1, 0.15) is 0 Å². The molecule has 0 unspecified atom stereocenters. The monoisotopic (exact) mass is 358 g/mol. The van der Waals surface area contributed by atoms with Crippen LogP contribution in [0, 0.1) is 0 Å². The van der Waals surface area contributed by atoms with Crippen molar-refractivity contribution in [1.29, 1.82) is 0 Å². The van der Waals surface area contributed by atoms with Crippen LogP contribution < -0.4 is 24.4 Å². The topological polar surface area (TPSA) is 63.2 Å². The van der Waals surface area contributed by atoms with Gasteiger partial charge in [0, 0.05) is 5.56 Å². The third-order valence-electron chi connectivity index (χ3n) is 4.57. The van der Waals surface area contributed by atoms with Crippen LogP contribution in [0.1, 0.15) is 24.2 Å². The van der Waals surface area contributed by atoms with Gasteiger partial charge in [0.25, 0.3) is 0 Å². The molecule has 0 N–H and O–H groups in total. The van der Waals surface area contributed by atoms with Crippen LogP contribution >= 0.6 is 0 Å². The van der Waals surface area contributed by atoms with Crippen molar-refractivity contribution in [3.05, 3.63) is 45.6 Å². The van der Waals surface area contributed by atoms with E-state index in [9.17, 15) is 4.79 Å². The molecule has 6 heteroatoms. The van der Waals surface area contributed by atoms with E-state index in [-0.39, 0.29) is 17.3 Å². The maximum Gasteiger partial charge on any atom is 0.220 e. The molecule has 0 bridgehead atoms. The second-order valence-corrected chi connectivity index (χ2v) is 5.91. The van der Waals surface area contributed by atoms with Gasteiger partial charge in [-0.2, -0.15) is 0 Å². The highest BCUT2D eigenvalue weighted by Gasteiger charge is 2.28. The van der Waals surface area contributed by atoms with Crippen molar-refractivity contribution in [2.24, 2.45) is 0 Å². The molecular weight excluding hydrogens is 336 g/mol. The molecule has 26 heavy (non-hydrogen) atoms. The lowest BCUT2D eigenvalue weighted by atomic mass is 9.94. The summed E-state index contributed by atoms with van der Waals surface area (Å²) >= 11 is 0. The van der Waals surface area contributed by atoms with Gasteiger partial charge in [0.05, 0.1) is 41.2 Å². The summed E-state index contributed by atoms with van der Waals surface area (Å²) in [7, 11) is 6.20. The molecular formula is C20H22O6. The Bertz CT molecular complexity index is 890. The van der Waals surface area contributed by atoms with E-state index in [2.05, 4.69) is 0 Å². The summed E-state index contributed by atoms with van der Waals surface area (Å²) in [6, 6.07) is 6.95. The van der Waals surface area contributed by atoms with Crippen LogP contribution in [0.4, 0.5) is 0 Å². The van der Waals surface area contributed by atoms with E-state index in [1.165, 1.54) is 7.11 Å². The first-order valence-electron chi connectivity index (χ1n) is 8.21. The van der Waals surface area contributed by atoms with Crippen LogP contribution in [-0.4, -0.2) is 28.4 Å². The highest BCUT2D eigenvalue weighted by atomic mass is 16.5. The van der Waals surface area contributed by atoms with Crippen molar-refractivity contribution < 1.29 is 23.7 Å². The van der Waals surface area contributed by atoms with E-state index in [0.29, 0.717) is 23.9 Å². The fourth-order valence-corrected chi connectivity index (χ4v) is 3.27. The van der Waals surface area contributed by atoms with Crippen molar-refractivity contribution in [2.75, 3.05) is 28.4 Å². The van der Waals surface area contributed by atoms with Crippen LogP contribution in [0.2, 0.25) is 0 Å². The summed E-state index contributed by atoms with van der Waals surface area (Å²) < 4.78 is 27.8. The first kappa shape index (κ1) is 18.1. The highest BCUT2D eigenvalue weighted by Crippen LogP contribution is 2.50. The zero-order chi connectivity index (χ0) is 18.8. The Balaban J connectivity index is 2.43. The van der Waals surface area contributed by atoms with Gasteiger partial charge in [0.2, 0.25) is 11.2 Å². The second kappa shape index (κ2) is 7.25. The molecule has 1 aliphatic heterocycles. The lowest BCUT2D eigenvalue weighted by Gasteiger charge is -2.21. The highest BCUT2D eigenvalue weighted by molar-refractivity contribution is 5.82. The molecule has 1 atom stereocenters. The molecule has 0 aromatic heterocycles. The summed E-state index contributed by atoms with van der Waals surface area (Å²) in [6.45, 7) is 2.25. The van der Waals surface area contributed by atoms with Crippen molar-refractivity contribution in [3.8, 4) is 34.1 Å². The van der Waals surface area contributed by atoms with Crippen LogP contribution in [-0.2, 0) is 11.3 Å². The number of ether oxygens (including phenoxy) is 5. The summed E-state index contributed by atoms with van der Waals surface area (Å²) in [4.78, 5) is 12.3. The summed E-state index contributed by atoms with van der Waals surface area (Å²) in [5.74, 6) is 1.86. The normalized spacial score (nSPS) is 15.3. The Hall–Kier alpha value is -2.73. The summed E-state index contributed by atoms with van der Waals surface area (Å²) in [6.07, 6.45) is -0.214. The van der Waals surface area contributed by atoms with Crippen LogP contribution in [0.25, 0.3) is 11.1 Å². The average molecular weight is 358 g/mol. The molecule has 6 nitrogen and oxygen atoms in total. The Labute approximate surface area is 152 Å². The summed E-state index contributed by atoms with van der Waals surface area (Å²) in [5.41, 5.74) is 3.11. The number of hydrogen-bond donors (Lipinski definition) is 0. The van der Waals surface area contributed by atoms with Gasteiger partial charge in [-0.3, -0.25) is 4.79 Å². The molecule has 0 saturated heterocycles. The average Bonchev–Trinajstić information content (AvgIpc) is 2.89. The molecule has 0 saturated carbocycles. The van der Waals surface area contributed by atoms with E-state index < -0.39 is 0 Å². The standard InChI is InChI=1S/C20H22O6/c1-11-14-9-17(23-3)19(24-4)20(25-5)18(14)13-6-7-16(22-2)15(21)8-12(13)10-26-11/h6-9,11H,10H2,1-5H3/t11-/m1/s1. The van der Waals surface area contributed by atoms with E-state index in [1.54, 1.807) is 33.5 Å². The van der Waals surface area contributed by atoms with E-state index in [4.69, 9.17) is 23.7 Å². The molecule has 1 aliphatic rings. The molecule has 0 amide bonds.